The number of hydrogen-bond acceptors (Lipinski definition) is 2. The van der Waals surface area contributed by atoms with E-state index < -0.39 is 0 Å². The van der Waals surface area contributed by atoms with Crippen LogP contribution in [-0.2, 0) is 0 Å². The fourth-order valence-corrected chi connectivity index (χ4v) is 1.45. The van der Waals surface area contributed by atoms with Crippen LogP contribution in [0.3, 0.4) is 0 Å². The van der Waals surface area contributed by atoms with Gasteiger partial charge in [-0.1, -0.05) is 13.3 Å². The Hall–Kier alpha value is -0.440. The predicted octanol–water partition coefficient (Wildman–Crippen LogP) is 2.12. The van der Waals surface area contributed by atoms with Gasteiger partial charge in [-0.15, -0.1) is 11.8 Å². The lowest BCUT2D eigenvalue weighted by Gasteiger charge is -1.93. The van der Waals surface area contributed by atoms with E-state index in [0.717, 1.165) is 17.2 Å². The fourth-order valence-electron chi connectivity index (χ4n) is 0.606. The monoisotopic (exact) mass is 155 g/mol. The smallest absolute Gasteiger partial charge is 0.0928 e. The number of aromatic amines is 1. The molecule has 0 aromatic carbocycles. The highest BCUT2D eigenvalue weighted by molar-refractivity contribution is 7.99. The molecule has 55 valence electrons. The second kappa shape index (κ2) is 4.39. The van der Waals surface area contributed by atoms with Crippen LogP contribution in [0.15, 0.2) is 17.6 Å². The van der Waals surface area contributed by atoms with E-state index in [0.29, 0.717) is 0 Å². The van der Waals surface area contributed by atoms with Gasteiger partial charge in [-0.05, 0) is 12.2 Å². The Bertz CT molecular complexity index is 160. The van der Waals surface area contributed by atoms with E-state index in [-0.39, 0.29) is 0 Å². The Morgan fingerprint density at radius 3 is 3.20 bits per heavy atom. The first-order chi connectivity index (χ1) is 4.93. The van der Waals surface area contributed by atoms with Gasteiger partial charge in [0.1, 0.15) is 0 Å². The van der Waals surface area contributed by atoms with Crippen molar-refractivity contribution in [2.45, 2.75) is 17.9 Å². The summed E-state index contributed by atoms with van der Waals surface area (Å²) < 4.78 is 0. The quantitative estimate of drug-likeness (QED) is 0.533. The molecule has 1 heterocycles. The maximum Gasteiger partial charge on any atom is 0.0928 e. The molecule has 0 bridgehead atoms. The van der Waals surface area contributed by atoms with Crippen molar-refractivity contribution < 1.29 is 0 Å². The number of hydrogen-bond donors (Lipinski definition) is 1. The molecule has 1 aromatic rings. The number of H-pyrrole nitrogens is 1. The number of imidazole rings is 1. The molecule has 2 nitrogen and oxygen atoms in total. The van der Waals surface area contributed by atoms with Gasteiger partial charge < -0.3 is 4.98 Å². The van der Waals surface area contributed by atoms with Crippen LogP contribution in [-0.4, -0.2) is 15.7 Å². The number of nitrogens with zero attached hydrogens (tertiary/aromatic N) is 1. The van der Waals surface area contributed by atoms with Crippen LogP contribution in [0, 0.1) is 6.92 Å². The molecule has 1 N–H and O–H groups in total. The minimum atomic E-state index is 1.02. The zero-order valence-electron chi connectivity index (χ0n) is 5.84. The zero-order valence-corrected chi connectivity index (χ0v) is 6.66. The van der Waals surface area contributed by atoms with Crippen molar-refractivity contribution in [2.24, 2.45) is 0 Å². The van der Waals surface area contributed by atoms with Crippen molar-refractivity contribution in [2.75, 3.05) is 5.75 Å². The van der Waals surface area contributed by atoms with Crippen molar-refractivity contribution in [3.05, 3.63) is 19.4 Å². The molecule has 1 aromatic heterocycles. The third kappa shape index (κ3) is 2.43. The van der Waals surface area contributed by atoms with Gasteiger partial charge in [-0.25, -0.2) is 4.98 Å². The van der Waals surface area contributed by atoms with Crippen LogP contribution in [0.4, 0.5) is 0 Å². The summed E-state index contributed by atoms with van der Waals surface area (Å²) in [7, 11) is 0. The molecule has 0 spiro atoms. The molecule has 0 saturated heterocycles. The van der Waals surface area contributed by atoms with Gasteiger partial charge in [0.2, 0.25) is 0 Å². The van der Waals surface area contributed by atoms with E-state index in [1.165, 1.54) is 6.42 Å². The maximum absolute atomic E-state index is 3.91. The first kappa shape index (κ1) is 7.66. The molecule has 0 aliphatic rings. The summed E-state index contributed by atoms with van der Waals surface area (Å²) in [6.07, 6.45) is 5.73. The molecule has 1 radical (unpaired) electrons. The molecule has 0 aliphatic carbocycles. The van der Waals surface area contributed by atoms with Crippen molar-refractivity contribution in [1.29, 1.82) is 0 Å². The highest BCUT2D eigenvalue weighted by Crippen LogP contribution is 2.14. The van der Waals surface area contributed by atoms with Crippen LogP contribution in [0.5, 0.6) is 0 Å². The Labute approximate surface area is 65.4 Å². The Balaban J connectivity index is 2.15. The van der Waals surface area contributed by atoms with Gasteiger partial charge in [-0.3, -0.25) is 0 Å². The molecule has 1 rings (SSSR count). The Morgan fingerprint density at radius 2 is 2.60 bits per heavy atom. The molecule has 0 aliphatic heterocycles. The van der Waals surface area contributed by atoms with Crippen molar-refractivity contribution in [1.82, 2.24) is 9.97 Å². The van der Waals surface area contributed by atoms with E-state index in [1.54, 1.807) is 18.1 Å². The third-order valence-electron chi connectivity index (χ3n) is 1.13. The van der Waals surface area contributed by atoms with Gasteiger partial charge in [0.15, 0.2) is 0 Å². The van der Waals surface area contributed by atoms with Gasteiger partial charge in [-0.2, -0.15) is 0 Å². The first-order valence-electron chi connectivity index (χ1n) is 3.34. The van der Waals surface area contributed by atoms with Crippen molar-refractivity contribution in [3.63, 3.8) is 0 Å². The van der Waals surface area contributed by atoms with Gasteiger partial charge in [0.05, 0.1) is 17.6 Å². The van der Waals surface area contributed by atoms with Crippen molar-refractivity contribution in [3.8, 4) is 0 Å². The lowest BCUT2D eigenvalue weighted by molar-refractivity contribution is 0.967. The maximum atomic E-state index is 3.91. The summed E-state index contributed by atoms with van der Waals surface area (Å²) in [5.41, 5.74) is 0. The van der Waals surface area contributed by atoms with E-state index in [9.17, 15) is 0 Å². The molecule has 0 atom stereocenters. The first-order valence-corrected chi connectivity index (χ1v) is 4.32. The average Bonchev–Trinajstić information content (AvgIpc) is 2.41. The normalized spacial score (nSPS) is 10.1. The molecule has 0 saturated carbocycles. The van der Waals surface area contributed by atoms with Gasteiger partial charge >= 0.3 is 0 Å². The van der Waals surface area contributed by atoms with Gasteiger partial charge in [0.25, 0.3) is 0 Å². The Kier molecular flexibility index (Phi) is 3.36. The summed E-state index contributed by atoms with van der Waals surface area (Å²) in [5.74, 6) is 1.13. The molecule has 3 heteroatoms. The number of rotatable bonds is 4. The second-order valence-electron chi connectivity index (χ2n) is 1.97. The van der Waals surface area contributed by atoms with E-state index in [4.69, 9.17) is 0 Å². The molecular formula is C7H11N2S. The molecule has 10 heavy (non-hydrogen) atoms. The van der Waals surface area contributed by atoms with Crippen LogP contribution in [0.2, 0.25) is 0 Å². The van der Waals surface area contributed by atoms with Crippen LogP contribution < -0.4 is 0 Å². The number of unbranched alkanes of at least 4 members (excludes halogenated alkanes) is 1. The predicted molar refractivity (Wildman–Crippen MR) is 43.9 cm³/mol. The van der Waals surface area contributed by atoms with Crippen molar-refractivity contribution >= 4 is 11.8 Å². The summed E-state index contributed by atoms with van der Waals surface area (Å²) in [6.45, 7) is 3.77. The molecule has 0 amide bonds. The van der Waals surface area contributed by atoms with Crippen LogP contribution in [0.25, 0.3) is 0 Å². The fraction of sp³-hybridized carbons (Fsp3) is 0.429. The standard InChI is InChI=1S/C7H11N2S/c1-2-3-4-10-7-5-8-6-9-7/h5-6H,1-4H2,(H,8,9). The largest absolute Gasteiger partial charge is 0.340 e. The summed E-state index contributed by atoms with van der Waals surface area (Å²) >= 11 is 1.79. The topological polar surface area (TPSA) is 28.7 Å². The number of nitrogens with one attached hydrogen (secondary N) is 1. The summed E-state index contributed by atoms with van der Waals surface area (Å²) in [4.78, 5) is 6.94. The Morgan fingerprint density at radius 1 is 1.70 bits per heavy atom. The number of thioether (sulfide) groups is 1. The lowest BCUT2D eigenvalue weighted by Crippen LogP contribution is -1.76. The zero-order chi connectivity index (χ0) is 7.23. The molecular weight excluding hydrogens is 144 g/mol. The average molecular weight is 155 g/mol. The highest BCUT2D eigenvalue weighted by Gasteiger charge is 1.91. The van der Waals surface area contributed by atoms with Gasteiger partial charge in [0, 0.05) is 0 Å². The number of aromatic nitrogens is 2. The van der Waals surface area contributed by atoms with E-state index in [1.807, 2.05) is 6.20 Å². The minimum Gasteiger partial charge on any atom is -0.340 e. The van der Waals surface area contributed by atoms with Crippen LogP contribution >= 0.6 is 11.8 Å². The molecule has 0 unspecified atom stereocenters. The highest BCUT2D eigenvalue weighted by atomic mass is 32.2. The van der Waals surface area contributed by atoms with Crippen LogP contribution in [0.1, 0.15) is 12.8 Å². The third-order valence-corrected chi connectivity index (χ3v) is 2.15. The van der Waals surface area contributed by atoms with E-state index in [2.05, 4.69) is 16.9 Å². The minimum absolute atomic E-state index is 1.02. The van der Waals surface area contributed by atoms with E-state index >= 15 is 0 Å². The molecule has 0 fully saturated rings. The lowest BCUT2D eigenvalue weighted by atomic mass is 10.4. The summed E-state index contributed by atoms with van der Waals surface area (Å²) in [6, 6.07) is 0. The SMILES string of the molecule is [CH2]CCCSc1cnc[nH]1. The summed E-state index contributed by atoms with van der Waals surface area (Å²) in [5, 5.41) is 1.15. The second-order valence-corrected chi connectivity index (χ2v) is 3.11.